The summed E-state index contributed by atoms with van der Waals surface area (Å²) in [5, 5.41) is 3.65. The molecular formula is C10H12N8O4P+. The molecule has 0 aliphatic carbocycles. The van der Waals surface area contributed by atoms with Gasteiger partial charge in [-0.1, -0.05) is 5.11 Å². The molecule has 13 heteroatoms. The molecule has 0 spiro atoms. The lowest BCUT2D eigenvalue weighted by Crippen LogP contribution is -2.23. The van der Waals surface area contributed by atoms with E-state index in [1.165, 1.54) is 12.7 Å². The molecule has 3 N–H and O–H groups in total. The molecule has 1 unspecified atom stereocenters. The van der Waals surface area contributed by atoms with Crippen molar-refractivity contribution < 1.29 is 18.7 Å². The highest BCUT2D eigenvalue weighted by molar-refractivity contribution is 7.32. The van der Waals surface area contributed by atoms with Gasteiger partial charge in [0.05, 0.1) is 18.5 Å². The Morgan fingerprint density at radius 3 is 3.17 bits per heavy atom. The first-order valence-electron chi connectivity index (χ1n) is 6.52. The van der Waals surface area contributed by atoms with Crippen molar-refractivity contribution in [1.82, 2.24) is 19.5 Å². The van der Waals surface area contributed by atoms with Crippen molar-refractivity contribution in [3.05, 3.63) is 23.1 Å². The highest BCUT2D eigenvalue weighted by atomic mass is 31.1. The highest BCUT2D eigenvalue weighted by Gasteiger charge is 2.38. The second-order valence-electron chi connectivity index (χ2n) is 4.75. The molecule has 0 saturated carbocycles. The first-order chi connectivity index (χ1) is 11.1. The van der Waals surface area contributed by atoms with Crippen molar-refractivity contribution in [2.45, 2.75) is 24.8 Å². The second kappa shape index (κ2) is 6.41. The molecule has 0 bridgehead atoms. The summed E-state index contributed by atoms with van der Waals surface area (Å²) >= 11 is 0. The first-order valence-corrected chi connectivity index (χ1v) is 7.65. The molecule has 2 aromatic heterocycles. The molecule has 1 aliphatic rings. The van der Waals surface area contributed by atoms with Crippen molar-refractivity contribution in [2.24, 2.45) is 5.11 Å². The summed E-state index contributed by atoms with van der Waals surface area (Å²) in [5.74, 6) is 0.246. The van der Waals surface area contributed by atoms with Crippen LogP contribution in [0.5, 0.6) is 0 Å². The Balaban J connectivity index is 1.86. The van der Waals surface area contributed by atoms with E-state index in [4.69, 9.17) is 20.9 Å². The van der Waals surface area contributed by atoms with Crippen molar-refractivity contribution in [1.29, 1.82) is 0 Å². The summed E-state index contributed by atoms with van der Waals surface area (Å²) < 4.78 is 22.7. The first kappa shape index (κ1) is 15.5. The second-order valence-corrected chi connectivity index (χ2v) is 5.49. The van der Waals surface area contributed by atoms with Gasteiger partial charge in [0.1, 0.15) is 24.7 Å². The summed E-state index contributed by atoms with van der Waals surface area (Å²) in [6.45, 7) is -0.171. The number of azide groups is 1. The molecule has 0 amide bonds. The van der Waals surface area contributed by atoms with Crippen LogP contribution in [0.3, 0.4) is 0 Å². The van der Waals surface area contributed by atoms with E-state index >= 15 is 0 Å². The maximum absolute atomic E-state index is 10.7. The van der Waals surface area contributed by atoms with Crippen LogP contribution < -0.4 is 5.73 Å². The van der Waals surface area contributed by atoms with Crippen molar-refractivity contribution >= 4 is 25.2 Å². The molecule has 1 aliphatic heterocycles. The number of anilines is 1. The molecule has 1 fully saturated rings. The number of hydrogen-bond donors (Lipinski definition) is 2. The van der Waals surface area contributed by atoms with Crippen molar-refractivity contribution in [2.75, 3.05) is 12.3 Å². The summed E-state index contributed by atoms with van der Waals surface area (Å²) in [6, 6.07) is -0.545. The third-order valence-electron chi connectivity index (χ3n) is 3.45. The van der Waals surface area contributed by atoms with Gasteiger partial charge in [0.2, 0.25) is 0 Å². The molecule has 2 aromatic rings. The van der Waals surface area contributed by atoms with Crippen LogP contribution in [0.15, 0.2) is 17.8 Å². The number of ether oxygens (including phenoxy) is 1. The van der Waals surface area contributed by atoms with Gasteiger partial charge in [-0.2, -0.15) is 0 Å². The summed E-state index contributed by atoms with van der Waals surface area (Å²) in [7, 11) is -2.76. The minimum absolute atomic E-state index is 0.171. The van der Waals surface area contributed by atoms with E-state index in [1.54, 1.807) is 4.57 Å². The summed E-state index contributed by atoms with van der Waals surface area (Å²) in [5.41, 5.74) is 15.3. The van der Waals surface area contributed by atoms with Crippen LogP contribution in [0.2, 0.25) is 0 Å². The molecule has 0 radical (unpaired) electrons. The maximum Gasteiger partial charge on any atom is 0.694 e. The van der Waals surface area contributed by atoms with E-state index in [1.807, 2.05) is 0 Å². The number of aromatic nitrogens is 4. The van der Waals surface area contributed by atoms with E-state index in [0.717, 1.165) is 0 Å². The van der Waals surface area contributed by atoms with Crippen molar-refractivity contribution in [3.8, 4) is 0 Å². The molecule has 0 aromatic carbocycles. The summed E-state index contributed by atoms with van der Waals surface area (Å²) in [6.07, 6.45) is 1.99. The third-order valence-corrected chi connectivity index (χ3v) is 3.82. The standard InChI is InChI=1S/C10H11N8O4P/c11-9-8-10(14-3-13-9)18(4-15-8)7-1-5(16-17-12)6(22-7)2-21-23(19)20/h3-7H,1-2H2,(H2-,11,13,14,19,20)/p+1/t5-,6+,7+/m0/s1. The molecular weight excluding hydrogens is 327 g/mol. The van der Waals surface area contributed by atoms with Gasteiger partial charge in [0.25, 0.3) is 0 Å². The van der Waals surface area contributed by atoms with E-state index in [9.17, 15) is 4.57 Å². The minimum atomic E-state index is -2.76. The predicted octanol–water partition coefficient (Wildman–Crippen LogP) is 1.04. The van der Waals surface area contributed by atoms with Gasteiger partial charge in [-0.05, 0) is 5.53 Å². The fourth-order valence-corrected chi connectivity index (χ4v) is 2.72. The lowest BCUT2D eigenvalue weighted by atomic mass is 10.1. The van der Waals surface area contributed by atoms with E-state index < -0.39 is 26.6 Å². The zero-order valence-corrected chi connectivity index (χ0v) is 12.5. The van der Waals surface area contributed by atoms with Gasteiger partial charge in [0, 0.05) is 15.9 Å². The van der Waals surface area contributed by atoms with Crippen LogP contribution in [-0.4, -0.2) is 43.2 Å². The SMILES string of the molecule is [N-]=[N+]=N[C@H]1C[C@H](n2cnc3c(N)ncnc32)O[C@@H]1CO[P+](=O)O. The van der Waals surface area contributed by atoms with Gasteiger partial charge < -0.3 is 10.5 Å². The fourth-order valence-electron chi connectivity index (χ4n) is 2.44. The average Bonchev–Trinajstić information content (AvgIpc) is 3.10. The lowest BCUT2D eigenvalue weighted by molar-refractivity contribution is -0.0187. The predicted molar refractivity (Wildman–Crippen MR) is 77.0 cm³/mol. The molecule has 3 heterocycles. The zero-order valence-electron chi connectivity index (χ0n) is 11.6. The smallest absolute Gasteiger partial charge is 0.382 e. The molecule has 12 nitrogen and oxygen atoms in total. The van der Waals surface area contributed by atoms with Crippen LogP contribution in [0.1, 0.15) is 12.6 Å². The highest BCUT2D eigenvalue weighted by Crippen LogP contribution is 2.34. The van der Waals surface area contributed by atoms with Gasteiger partial charge in [-0.25, -0.2) is 15.0 Å². The topological polar surface area (TPSA) is 174 Å². The van der Waals surface area contributed by atoms with E-state index in [0.29, 0.717) is 17.6 Å². The summed E-state index contributed by atoms with van der Waals surface area (Å²) in [4.78, 5) is 23.6. The Morgan fingerprint density at radius 2 is 2.43 bits per heavy atom. The number of nitrogens with zero attached hydrogens (tertiary/aromatic N) is 7. The van der Waals surface area contributed by atoms with Gasteiger partial charge in [-0.15, -0.1) is 9.42 Å². The quantitative estimate of drug-likeness (QED) is 0.351. The van der Waals surface area contributed by atoms with Crippen LogP contribution >= 0.6 is 8.25 Å². The Morgan fingerprint density at radius 1 is 1.61 bits per heavy atom. The maximum atomic E-state index is 10.7. The third kappa shape index (κ3) is 3.07. The Labute approximate surface area is 129 Å². The average molecular weight is 339 g/mol. The number of rotatable bonds is 5. The monoisotopic (exact) mass is 339 g/mol. The Hall–Kier alpha value is -2.36. The van der Waals surface area contributed by atoms with Gasteiger partial charge in [-0.3, -0.25) is 4.57 Å². The molecule has 23 heavy (non-hydrogen) atoms. The zero-order chi connectivity index (χ0) is 16.4. The Kier molecular flexibility index (Phi) is 4.33. The van der Waals surface area contributed by atoms with Crippen LogP contribution in [0.25, 0.3) is 21.6 Å². The lowest BCUT2D eigenvalue weighted by Gasteiger charge is -2.13. The Bertz CT molecular complexity index is 790. The largest absolute Gasteiger partial charge is 0.694 e. The molecule has 1 saturated heterocycles. The molecule has 3 rings (SSSR count). The number of hydrogen-bond acceptors (Lipinski definition) is 8. The normalized spacial score (nSPS) is 24.6. The molecule has 4 atom stereocenters. The van der Waals surface area contributed by atoms with E-state index in [2.05, 4.69) is 29.5 Å². The van der Waals surface area contributed by atoms with Gasteiger partial charge in [0.15, 0.2) is 11.5 Å². The number of nitrogens with two attached hydrogens (primary N) is 1. The number of imidazole rings is 1. The van der Waals surface area contributed by atoms with Crippen LogP contribution in [0, 0.1) is 0 Å². The molecule has 120 valence electrons. The number of fused-ring (bicyclic) bond motifs is 1. The van der Waals surface area contributed by atoms with Crippen LogP contribution in [-0.2, 0) is 13.8 Å². The van der Waals surface area contributed by atoms with E-state index in [-0.39, 0.29) is 12.4 Å². The van der Waals surface area contributed by atoms with Crippen molar-refractivity contribution in [3.63, 3.8) is 0 Å². The minimum Gasteiger partial charge on any atom is -0.382 e. The van der Waals surface area contributed by atoms with Crippen LogP contribution in [0.4, 0.5) is 5.82 Å². The van der Waals surface area contributed by atoms with Gasteiger partial charge >= 0.3 is 8.25 Å². The fraction of sp³-hybridized carbons (Fsp3) is 0.500. The number of nitrogen functional groups attached to an aromatic ring is 1.